The van der Waals surface area contributed by atoms with Crippen LogP contribution in [0.5, 0.6) is 0 Å². The van der Waals surface area contributed by atoms with E-state index in [0.717, 1.165) is 13.1 Å². The highest BCUT2D eigenvalue weighted by Gasteiger charge is 2.14. The van der Waals surface area contributed by atoms with Crippen LogP contribution in [0.4, 0.5) is 0 Å². The van der Waals surface area contributed by atoms with Crippen LogP contribution >= 0.6 is 0 Å². The molecule has 3 heteroatoms. The van der Waals surface area contributed by atoms with Gasteiger partial charge in [-0.1, -0.05) is 39.0 Å². The quantitative estimate of drug-likeness (QED) is 0.744. The predicted octanol–water partition coefficient (Wildman–Crippen LogP) is 1.67. The summed E-state index contributed by atoms with van der Waals surface area (Å²) in [4.78, 5) is 0. The second kappa shape index (κ2) is 6.32. The van der Waals surface area contributed by atoms with Crippen molar-refractivity contribution in [2.75, 3.05) is 13.1 Å². The van der Waals surface area contributed by atoms with E-state index in [0.29, 0.717) is 6.54 Å². The normalized spacial score (nSPS) is 13.7. The van der Waals surface area contributed by atoms with E-state index in [1.807, 2.05) is 0 Å². The van der Waals surface area contributed by atoms with Crippen molar-refractivity contribution in [3.8, 4) is 0 Å². The molecule has 0 heterocycles. The van der Waals surface area contributed by atoms with Crippen molar-refractivity contribution < 1.29 is 0 Å². The molecule has 0 aromatic heterocycles. The van der Waals surface area contributed by atoms with Crippen LogP contribution in [0.1, 0.15) is 37.5 Å². The molecule has 1 unspecified atom stereocenters. The lowest BCUT2D eigenvalue weighted by Gasteiger charge is -2.21. The summed E-state index contributed by atoms with van der Waals surface area (Å²) in [5.41, 5.74) is 15.5. The lowest BCUT2D eigenvalue weighted by Crippen LogP contribution is -2.39. The van der Waals surface area contributed by atoms with E-state index in [1.165, 1.54) is 16.7 Å². The summed E-state index contributed by atoms with van der Waals surface area (Å²) in [6.45, 7) is 11.0. The third-order valence-corrected chi connectivity index (χ3v) is 3.23. The summed E-state index contributed by atoms with van der Waals surface area (Å²) >= 11 is 0. The van der Waals surface area contributed by atoms with Crippen LogP contribution in [-0.2, 0) is 12.0 Å². The number of hydrogen-bond donors (Lipinski definition) is 3. The number of benzene rings is 1. The van der Waals surface area contributed by atoms with Gasteiger partial charge in [0.25, 0.3) is 0 Å². The van der Waals surface area contributed by atoms with Gasteiger partial charge in [-0.2, -0.15) is 0 Å². The Morgan fingerprint density at radius 2 is 1.94 bits per heavy atom. The first kappa shape index (κ1) is 15.2. The zero-order valence-corrected chi connectivity index (χ0v) is 12.1. The average Bonchev–Trinajstić information content (AvgIpc) is 2.29. The third kappa shape index (κ3) is 4.41. The molecular formula is C15H27N3. The lowest BCUT2D eigenvalue weighted by atomic mass is 9.85. The van der Waals surface area contributed by atoms with Gasteiger partial charge >= 0.3 is 0 Å². The first-order valence-electron chi connectivity index (χ1n) is 6.61. The van der Waals surface area contributed by atoms with Gasteiger partial charge in [0.2, 0.25) is 0 Å². The van der Waals surface area contributed by atoms with Gasteiger partial charge in [0.15, 0.2) is 0 Å². The minimum Gasteiger partial charge on any atom is -0.329 e. The van der Waals surface area contributed by atoms with Crippen molar-refractivity contribution >= 4 is 0 Å². The van der Waals surface area contributed by atoms with E-state index in [1.54, 1.807) is 0 Å². The van der Waals surface area contributed by atoms with Gasteiger partial charge in [-0.3, -0.25) is 0 Å². The number of hydrogen-bond acceptors (Lipinski definition) is 3. The molecule has 0 aliphatic heterocycles. The molecule has 0 spiro atoms. The Balaban J connectivity index is 2.63. The van der Waals surface area contributed by atoms with Gasteiger partial charge in [0, 0.05) is 25.7 Å². The summed E-state index contributed by atoms with van der Waals surface area (Å²) in [6.07, 6.45) is 0. The maximum atomic E-state index is 5.77. The highest BCUT2D eigenvalue weighted by molar-refractivity contribution is 5.34. The average molecular weight is 249 g/mol. The van der Waals surface area contributed by atoms with Crippen molar-refractivity contribution in [2.45, 2.75) is 45.7 Å². The molecule has 0 aliphatic rings. The van der Waals surface area contributed by atoms with E-state index in [2.05, 4.69) is 51.2 Å². The SMILES string of the molecule is Cc1cc(C(C)(C)C)ccc1CNCC(N)CN. The molecule has 1 rings (SSSR count). The third-order valence-electron chi connectivity index (χ3n) is 3.23. The summed E-state index contributed by atoms with van der Waals surface area (Å²) in [5, 5.41) is 3.35. The van der Waals surface area contributed by atoms with Crippen molar-refractivity contribution in [3.63, 3.8) is 0 Å². The molecule has 0 saturated heterocycles. The van der Waals surface area contributed by atoms with Crippen LogP contribution < -0.4 is 16.8 Å². The largest absolute Gasteiger partial charge is 0.329 e. The maximum absolute atomic E-state index is 5.77. The fraction of sp³-hybridized carbons (Fsp3) is 0.600. The fourth-order valence-corrected chi connectivity index (χ4v) is 1.84. The molecule has 5 N–H and O–H groups in total. The summed E-state index contributed by atoms with van der Waals surface area (Å²) in [6, 6.07) is 6.74. The molecule has 1 aromatic rings. The van der Waals surface area contributed by atoms with Crippen molar-refractivity contribution in [1.82, 2.24) is 5.32 Å². The summed E-state index contributed by atoms with van der Waals surface area (Å²) in [7, 11) is 0. The minimum atomic E-state index is 0.0409. The van der Waals surface area contributed by atoms with E-state index >= 15 is 0 Å². The molecular weight excluding hydrogens is 222 g/mol. The first-order valence-corrected chi connectivity index (χ1v) is 6.61. The molecule has 3 nitrogen and oxygen atoms in total. The Bertz CT molecular complexity index is 380. The van der Waals surface area contributed by atoms with E-state index in [4.69, 9.17) is 11.5 Å². The Kier molecular flexibility index (Phi) is 5.32. The molecule has 18 heavy (non-hydrogen) atoms. The van der Waals surface area contributed by atoms with Crippen LogP contribution in [0.25, 0.3) is 0 Å². The van der Waals surface area contributed by atoms with E-state index in [9.17, 15) is 0 Å². The Morgan fingerprint density at radius 3 is 2.44 bits per heavy atom. The molecule has 0 amide bonds. The zero-order chi connectivity index (χ0) is 13.8. The van der Waals surface area contributed by atoms with Gasteiger partial charge < -0.3 is 16.8 Å². The second-order valence-corrected chi connectivity index (χ2v) is 6.02. The smallest absolute Gasteiger partial charge is 0.0290 e. The predicted molar refractivity (Wildman–Crippen MR) is 78.6 cm³/mol. The highest BCUT2D eigenvalue weighted by Crippen LogP contribution is 2.24. The van der Waals surface area contributed by atoms with Crippen LogP contribution in [0.3, 0.4) is 0 Å². The molecule has 0 saturated carbocycles. The minimum absolute atomic E-state index is 0.0409. The Hall–Kier alpha value is -0.900. The summed E-state index contributed by atoms with van der Waals surface area (Å²) in [5.74, 6) is 0. The van der Waals surface area contributed by atoms with Crippen LogP contribution in [0, 0.1) is 6.92 Å². The van der Waals surface area contributed by atoms with Crippen LogP contribution in [0.15, 0.2) is 18.2 Å². The van der Waals surface area contributed by atoms with E-state index < -0.39 is 0 Å². The molecule has 1 aromatic carbocycles. The van der Waals surface area contributed by atoms with E-state index in [-0.39, 0.29) is 11.5 Å². The highest BCUT2D eigenvalue weighted by atomic mass is 14.9. The lowest BCUT2D eigenvalue weighted by molar-refractivity contribution is 0.577. The second-order valence-electron chi connectivity index (χ2n) is 6.02. The number of aryl methyl sites for hydroxylation is 1. The maximum Gasteiger partial charge on any atom is 0.0290 e. The molecule has 0 fully saturated rings. The number of nitrogens with two attached hydrogens (primary N) is 2. The molecule has 1 atom stereocenters. The Morgan fingerprint density at radius 1 is 1.28 bits per heavy atom. The summed E-state index contributed by atoms with van der Waals surface area (Å²) < 4.78 is 0. The van der Waals surface area contributed by atoms with Crippen LogP contribution in [-0.4, -0.2) is 19.1 Å². The molecule has 0 radical (unpaired) electrons. The van der Waals surface area contributed by atoms with Gasteiger partial charge in [-0.25, -0.2) is 0 Å². The monoisotopic (exact) mass is 249 g/mol. The van der Waals surface area contributed by atoms with Gasteiger partial charge in [0.1, 0.15) is 0 Å². The fourth-order valence-electron chi connectivity index (χ4n) is 1.84. The Labute approximate surface area is 111 Å². The molecule has 0 aliphatic carbocycles. The molecule has 0 bridgehead atoms. The van der Waals surface area contributed by atoms with Crippen molar-refractivity contribution in [1.29, 1.82) is 0 Å². The first-order chi connectivity index (χ1) is 8.34. The van der Waals surface area contributed by atoms with Crippen molar-refractivity contribution in [3.05, 3.63) is 34.9 Å². The van der Waals surface area contributed by atoms with Gasteiger partial charge in [0.05, 0.1) is 0 Å². The number of rotatable bonds is 5. The molecule has 102 valence electrons. The topological polar surface area (TPSA) is 64.1 Å². The standard InChI is InChI=1S/C15H27N3/c1-11-7-13(15(2,3)4)6-5-12(11)9-18-10-14(17)8-16/h5-7,14,18H,8-10,16-17H2,1-4H3. The number of nitrogens with one attached hydrogen (secondary N) is 1. The zero-order valence-electron chi connectivity index (χ0n) is 12.1. The van der Waals surface area contributed by atoms with Crippen LogP contribution in [0.2, 0.25) is 0 Å². The van der Waals surface area contributed by atoms with Gasteiger partial charge in [-0.05, 0) is 29.0 Å². The van der Waals surface area contributed by atoms with Gasteiger partial charge in [-0.15, -0.1) is 0 Å². The van der Waals surface area contributed by atoms with Crippen molar-refractivity contribution in [2.24, 2.45) is 11.5 Å².